The van der Waals surface area contributed by atoms with E-state index in [1.165, 1.54) is 0 Å². The molecule has 0 spiro atoms. The molecule has 0 bridgehead atoms. The standard InChI is InChI=1S/C10H7F2NO3/c1-2-13-8-4-7(12)6(11)3-5(8)9(14)16-10(13)15/h3-4H,2H2,1H3. The van der Waals surface area contributed by atoms with Gasteiger partial charge in [0.15, 0.2) is 11.6 Å². The van der Waals surface area contributed by atoms with Gasteiger partial charge in [0.05, 0.1) is 10.9 Å². The Morgan fingerprint density at radius 3 is 2.50 bits per heavy atom. The lowest BCUT2D eigenvalue weighted by Gasteiger charge is -2.05. The van der Waals surface area contributed by atoms with Gasteiger partial charge in [-0.2, -0.15) is 0 Å². The third kappa shape index (κ3) is 1.42. The molecule has 0 aliphatic rings. The highest BCUT2D eigenvalue weighted by Gasteiger charge is 2.12. The van der Waals surface area contributed by atoms with Gasteiger partial charge in [-0.25, -0.2) is 18.4 Å². The molecular formula is C10H7F2NO3. The van der Waals surface area contributed by atoms with E-state index in [9.17, 15) is 18.4 Å². The van der Waals surface area contributed by atoms with Gasteiger partial charge in [0.2, 0.25) is 0 Å². The van der Waals surface area contributed by atoms with Crippen LogP contribution in [-0.4, -0.2) is 4.57 Å². The first-order valence-electron chi connectivity index (χ1n) is 4.57. The molecule has 1 aromatic carbocycles. The first-order chi connectivity index (χ1) is 7.54. The molecule has 16 heavy (non-hydrogen) atoms. The molecule has 2 aromatic rings. The maximum atomic E-state index is 13.0. The molecule has 0 saturated carbocycles. The Labute approximate surface area is 87.7 Å². The van der Waals surface area contributed by atoms with Crippen molar-refractivity contribution in [2.75, 3.05) is 0 Å². The van der Waals surface area contributed by atoms with Crippen LogP contribution in [0.2, 0.25) is 0 Å². The van der Waals surface area contributed by atoms with Crippen molar-refractivity contribution in [2.45, 2.75) is 13.5 Å². The fourth-order valence-electron chi connectivity index (χ4n) is 1.51. The first kappa shape index (κ1) is 10.5. The number of aromatic nitrogens is 1. The Hall–Kier alpha value is -1.98. The molecule has 1 heterocycles. The van der Waals surface area contributed by atoms with E-state index in [2.05, 4.69) is 4.42 Å². The van der Waals surface area contributed by atoms with Crippen molar-refractivity contribution in [1.29, 1.82) is 0 Å². The molecule has 0 amide bonds. The van der Waals surface area contributed by atoms with Crippen LogP contribution in [0.4, 0.5) is 8.78 Å². The minimum atomic E-state index is -1.15. The summed E-state index contributed by atoms with van der Waals surface area (Å²) in [7, 11) is 0. The van der Waals surface area contributed by atoms with Gasteiger partial charge in [0.25, 0.3) is 0 Å². The molecule has 0 saturated heterocycles. The molecule has 1 aromatic heterocycles. The number of fused-ring (bicyclic) bond motifs is 1. The summed E-state index contributed by atoms with van der Waals surface area (Å²) >= 11 is 0. The van der Waals surface area contributed by atoms with E-state index in [-0.39, 0.29) is 17.4 Å². The Morgan fingerprint density at radius 1 is 1.25 bits per heavy atom. The maximum absolute atomic E-state index is 13.0. The summed E-state index contributed by atoms with van der Waals surface area (Å²) in [5.74, 6) is -3.15. The summed E-state index contributed by atoms with van der Waals surface area (Å²) in [6.07, 6.45) is 0. The Balaban J connectivity index is 3.06. The monoisotopic (exact) mass is 227 g/mol. The molecule has 84 valence electrons. The third-order valence-electron chi connectivity index (χ3n) is 2.27. The molecule has 0 aliphatic heterocycles. The zero-order chi connectivity index (χ0) is 11.9. The predicted octanol–water partition coefficient (Wildman–Crippen LogP) is 1.25. The fraction of sp³-hybridized carbons (Fsp3) is 0.200. The van der Waals surface area contributed by atoms with E-state index in [1.54, 1.807) is 6.92 Å². The lowest BCUT2D eigenvalue weighted by molar-refractivity contribution is 0.419. The van der Waals surface area contributed by atoms with E-state index < -0.39 is 23.0 Å². The molecule has 2 rings (SSSR count). The topological polar surface area (TPSA) is 52.2 Å². The van der Waals surface area contributed by atoms with Gasteiger partial charge >= 0.3 is 11.4 Å². The maximum Gasteiger partial charge on any atom is 0.422 e. The lowest BCUT2D eigenvalue weighted by atomic mass is 10.2. The first-order valence-corrected chi connectivity index (χ1v) is 4.57. The minimum absolute atomic E-state index is 0.0302. The second kappa shape index (κ2) is 3.55. The highest BCUT2D eigenvalue weighted by atomic mass is 19.2. The van der Waals surface area contributed by atoms with Crippen molar-refractivity contribution < 1.29 is 13.2 Å². The van der Waals surface area contributed by atoms with Crippen LogP contribution in [0.1, 0.15) is 6.92 Å². The van der Waals surface area contributed by atoms with Gasteiger partial charge in [-0.05, 0) is 13.0 Å². The van der Waals surface area contributed by atoms with Gasteiger partial charge < -0.3 is 4.42 Å². The number of benzene rings is 1. The molecule has 0 atom stereocenters. The average molecular weight is 227 g/mol. The number of aryl methyl sites for hydroxylation is 1. The normalized spacial score (nSPS) is 10.9. The van der Waals surface area contributed by atoms with Crippen molar-refractivity contribution >= 4 is 10.9 Å². The van der Waals surface area contributed by atoms with Crippen molar-refractivity contribution in [3.8, 4) is 0 Å². The zero-order valence-corrected chi connectivity index (χ0v) is 8.29. The van der Waals surface area contributed by atoms with E-state index in [1.807, 2.05) is 0 Å². The average Bonchev–Trinajstić information content (AvgIpc) is 2.22. The van der Waals surface area contributed by atoms with Gasteiger partial charge in [-0.1, -0.05) is 0 Å². The highest BCUT2D eigenvalue weighted by Crippen LogP contribution is 2.14. The number of halogens is 2. The smallest absolute Gasteiger partial charge is 0.372 e. The summed E-state index contributed by atoms with van der Waals surface area (Å²) in [5.41, 5.74) is -0.939. The van der Waals surface area contributed by atoms with E-state index in [4.69, 9.17) is 0 Å². The number of hydrogen-bond donors (Lipinski definition) is 0. The highest BCUT2D eigenvalue weighted by molar-refractivity contribution is 5.77. The van der Waals surface area contributed by atoms with E-state index in [0.717, 1.165) is 16.7 Å². The summed E-state index contributed by atoms with van der Waals surface area (Å²) in [4.78, 5) is 22.5. The second-order valence-electron chi connectivity index (χ2n) is 3.18. The zero-order valence-electron chi connectivity index (χ0n) is 8.29. The molecule has 4 nitrogen and oxygen atoms in total. The molecule has 0 aliphatic carbocycles. The third-order valence-corrected chi connectivity index (χ3v) is 2.27. The van der Waals surface area contributed by atoms with Gasteiger partial charge in [-0.15, -0.1) is 0 Å². The number of rotatable bonds is 1. The molecule has 0 N–H and O–H groups in total. The van der Waals surface area contributed by atoms with Crippen LogP contribution in [0.15, 0.2) is 26.1 Å². The summed E-state index contributed by atoms with van der Waals surface area (Å²) < 4.78 is 31.4. The molecule has 0 radical (unpaired) electrons. The van der Waals surface area contributed by atoms with Crippen LogP contribution in [-0.2, 0) is 6.54 Å². The quantitative estimate of drug-likeness (QED) is 0.736. The Bertz CT molecular complexity index is 672. The number of nitrogens with zero attached hydrogens (tertiary/aromatic N) is 1. The van der Waals surface area contributed by atoms with Crippen molar-refractivity contribution in [2.24, 2.45) is 0 Å². The van der Waals surface area contributed by atoms with Gasteiger partial charge in [0, 0.05) is 12.6 Å². The van der Waals surface area contributed by atoms with Crippen LogP contribution in [0.25, 0.3) is 10.9 Å². The van der Waals surface area contributed by atoms with Gasteiger partial charge in [0.1, 0.15) is 0 Å². The molecule has 0 unspecified atom stereocenters. The van der Waals surface area contributed by atoms with E-state index >= 15 is 0 Å². The molecular weight excluding hydrogens is 220 g/mol. The van der Waals surface area contributed by atoms with Crippen molar-refractivity contribution in [3.05, 3.63) is 44.7 Å². The molecule has 0 fully saturated rings. The van der Waals surface area contributed by atoms with Crippen LogP contribution in [0, 0.1) is 11.6 Å². The van der Waals surface area contributed by atoms with Crippen LogP contribution in [0.3, 0.4) is 0 Å². The fourth-order valence-corrected chi connectivity index (χ4v) is 1.51. The summed E-state index contributed by atoms with van der Waals surface area (Å²) in [6.45, 7) is 1.83. The van der Waals surface area contributed by atoms with Crippen LogP contribution < -0.4 is 11.4 Å². The predicted molar refractivity (Wildman–Crippen MR) is 52.3 cm³/mol. The van der Waals surface area contributed by atoms with Crippen LogP contribution in [0.5, 0.6) is 0 Å². The van der Waals surface area contributed by atoms with Crippen LogP contribution >= 0.6 is 0 Å². The lowest BCUT2D eigenvalue weighted by Crippen LogP contribution is -2.24. The Kier molecular flexibility index (Phi) is 2.34. The van der Waals surface area contributed by atoms with Gasteiger partial charge in [-0.3, -0.25) is 4.57 Å². The van der Waals surface area contributed by atoms with Crippen molar-refractivity contribution in [1.82, 2.24) is 4.57 Å². The Morgan fingerprint density at radius 2 is 1.88 bits per heavy atom. The largest absolute Gasteiger partial charge is 0.422 e. The second-order valence-corrected chi connectivity index (χ2v) is 3.18. The van der Waals surface area contributed by atoms with Crippen molar-refractivity contribution in [3.63, 3.8) is 0 Å². The minimum Gasteiger partial charge on any atom is -0.372 e. The SMILES string of the molecule is CCn1c(=O)oc(=O)c2cc(F)c(F)cc21. The number of hydrogen-bond acceptors (Lipinski definition) is 3. The summed E-state index contributed by atoms with van der Waals surface area (Å²) in [6, 6.07) is 1.54. The molecule has 6 heteroatoms. The summed E-state index contributed by atoms with van der Waals surface area (Å²) in [5, 5.41) is -0.152. The van der Waals surface area contributed by atoms with E-state index in [0.29, 0.717) is 0 Å².